The summed E-state index contributed by atoms with van der Waals surface area (Å²) in [7, 11) is -1.35. The van der Waals surface area contributed by atoms with Gasteiger partial charge in [0.15, 0.2) is 9.84 Å². The molecule has 0 spiro atoms. The van der Waals surface area contributed by atoms with Gasteiger partial charge in [0.25, 0.3) is 5.91 Å². The minimum Gasteiger partial charge on any atom is -0.341 e. The third kappa shape index (κ3) is 4.01. The van der Waals surface area contributed by atoms with Crippen LogP contribution in [-0.2, 0) is 14.6 Å². The van der Waals surface area contributed by atoms with Gasteiger partial charge in [0.05, 0.1) is 17.4 Å². The molecule has 2 aromatic carbocycles. The number of fused-ring (bicyclic) bond motifs is 1. The third-order valence-corrected chi connectivity index (χ3v) is 7.93. The molecule has 4 rings (SSSR count). The van der Waals surface area contributed by atoms with Gasteiger partial charge in [0.1, 0.15) is 0 Å². The van der Waals surface area contributed by atoms with Crippen molar-refractivity contribution >= 4 is 32.4 Å². The van der Waals surface area contributed by atoms with Gasteiger partial charge in [0.2, 0.25) is 5.91 Å². The van der Waals surface area contributed by atoms with Crippen LogP contribution in [0.5, 0.6) is 0 Å². The molecule has 2 saturated heterocycles. The van der Waals surface area contributed by atoms with Crippen LogP contribution in [0.1, 0.15) is 29.6 Å². The molecule has 2 atom stereocenters. The number of benzene rings is 2. The molecule has 6 nitrogen and oxygen atoms in total. The van der Waals surface area contributed by atoms with Crippen molar-refractivity contribution in [3.63, 3.8) is 0 Å². The molecule has 2 unspecified atom stereocenters. The van der Waals surface area contributed by atoms with Gasteiger partial charge in [-0.05, 0) is 36.1 Å². The lowest BCUT2D eigenvalue weighted by Gasteiger charge is -2.35. The summed E-state index contributed by atoms with van der Waals surface area (Å²) in [6.07, 6.45) is 1.99. The summed E-state index contributed by atoms with van der Waals surface area (Å²) in [5, 5.41) is 1.94. The topological polar surface area (TPSA) is 74.8 Å². The standard InChI is InChI=1S/C22H26N2O4S/c1-23(18-11-13-29(27,28)15-18)21(25)17-8-5-12-24(14-17)22(26)20-10-4-7-16-6-2-3-9-19(16)20/h2-4,6-7,9-10,17-18H,5,8,11-15H2,1H3. The number of nitrogens with zero attached hydrogens (tertiary/aromatic N) is 2. The second-order valence-corrected chi connectivity index (χ2v) is 10.4. The van der Waals surface area contributed by atoms with E-state index in [0.717, 1.165) is 23.6 Å². The van der Waals surface area contributed by atoms with Crippen molar-refractivity contribution in [3.05, 3.63) is 48.0 Å². The van der Waals surface area contributed by atoms with Crippen molar-refractivity contribution < 1.29 is 18.0 Å². The minimum absolute atomic E-state index is 0.0423. The van der Waals surface area contributed by atoms with Crippen LogP contribution in [0.4, 0.5) is 0 Å². The molecule has 2 aliphatic rings. The maximum Gasteiger partial charge on any atom is 0.254 e. The highest BCUT2D eigenvalue weighted by Crippen LogP contribution is 2.26. The Labute approximate surface area is 171 Å². The first kappa shape index (κ1) is 19.9. The van der Waals surface area contributed by atoms with Crippen molar-refractivity contribution in [2.24, 2.45) is 5.92 Å². The van der Waals surface area contributed by atoms with E-state index in [4.69, 9.17) is 0 Å². The van der Waals surface area contributed by atoms with E-state index in [1.165, 1.54) is 0 Å². The van der Waals surface area contributed by atoms with E-state index < -0.39 is 9.84 Å². The summed E-state index contributed by atoms with van der Waals surface area (Å²) >= 11 is 0. The van der Waals surface area contributed by atoms with Crippen molar-refractivity contribution in [1.29, 1.82) is 0 Å². The normalized spacial score (nSPS) is 23.8. The zero-order valence-electron chi connectivity index (χ0n) is 16.6. The molecule has 2 fully saturated rings. The molecule has 154 valence electrons. The smallest absolute Gasteiger partial charge is 0.254 e. The average Bonchev–Trinajstić information content (AvgIpc) is 3.11. The Morgan fingerprint density at radius 1 is 1.07 bits per heavy atom. The first-order chi connectivity index (χ1) is 13.9. The fourth-order valence-corrected chi connectivity index (χ4v) is 6.27. The Bertz CT molecular complexity index is 1040. The Kier molecular flexibility index (Phi) is 5.34. The molecule has 0 N–H and O–H groups in total. The van der Waals surface area contributed by atoms with Gasteiger partial charge in [0, 0.05) is 31.7 Å². The van der Waals surface area contributed by atoms with Gasteiger partial charge in [-0.3, -0.25) is 9.59 Å². The van der Waals surface area contributed by atoms with E-state index in [1.807, 2.05) is 42.5 Å². The fraction of sp³-hybridized carbons (Fsp3) is 0.455. The van der Waals surface area contributed by atoms with Crippen molar-refractivity contribution in [2.45, 2.75) is 25.3 Å². The molecule has 0 radical (unpaired) electrons. The number of piperidine rings is 1. The van der Waals surface area contributed by atoms with Gasteiger partial charge >= 0.3 is 0 Å². The van der Waals surface area contributed by atoms with Crippen molar-refractivity contribution in [2.75, 3.05) is 31.6 Å². The zero-order valence-corrected chi connectivity index (χ0v) is 17.4. The molecule has 0 bridgehead atoms. The first-order valence-electron chi connectivity index (χ1n) is 10.1. The van der Waals surface area contributed by atoms with E-state index in [-0.39, 0.29) is 35.3 Å². The summed E-state index contributed by atoms with van der Waals surface area (Å²) in [6.45, 7) is 1.01. The van der Waals surface area contributed by atoms with E-state index in [0.29, 0.717) is 25.1 Å². The van der Waals surface area contributed by atoms with E-state index in [9.17, 15) is 18.0 Å². The molecule has 29 heavy (non-hydrogen) atoms. The van der Waals surface area contributed by atoms with Gasteiger partial charge in [-0.1, -0.05) is 36.4 Å². The highest BCUT2D eigenvalue weighted by Gasteiger charge is 2.37. The zero-order chi connectivity index (χ0) is 20.6. The van der Waals surface area contributed by atoms with Crippen molar-refractivity contribution in [3.8, 4) is 0 Å². The van der Waals surface area contributed by atoms with Gasteiger partial charge in [-0.15, -0.1) is 0 Å². The lowest BCUT2D eigenvalue weighted by atomic mass is 9.94. The number of rotatable bonds is 3. The van der Waals surface area contributed by atoms with Crippen molar-refractivity contribution in [1.82, 2.24) is 9.80 Å². The SMILES string of the molecule is CN(C(=O)C1CCCN(C(=O)c2cccc3ccccc23)C1)C1CCS(=O)(=O)C1. The largest absolute Gasteiger partial charge is 0.341 e. The molecular formula is C22H26N2O4S. The molecule has 2 aliphatic heterocycles. The van der Waals surface area contributed by atoms with E-state index in [1.54, 1.807) is 16.8 Å². The summed E-state index contributed by atoms with van der Waals surface area (Å²) < 4.78 is 23.5. The average molecular weight is 415 g/mol. The summed E-state index contributed by atoms with van der Waals surface area (Å²) in [6, 6.07) is 13.3. The minimum atomic E-state index is -3.04. The van der Waals surface area contributed by atoms with Crippen LogP contribution in [0.15, 0.2) is 42.5 Å². The van der Waals surface area contributed by atoms with E-state index in [2.05, 4.69) is 0 Å². The number of carbonyl (C=O) groups is 2. The molecule has 0 saturated carbocycles. The number of likely N-dealkylation sites (tertiary alicyclic amines) is 1. The molecule has 0 aromatic heterocycles. The number of hydrogen-bond donors (Lipinski definition) is 0. The quantitative estimate of drug-likeness (QED) is 0.773. The lowest BCUT2D eigenvalue weighted by Crippen LogP contribution is -2.48. The maximum atomic E-state index is 13.2. The highest BCUT2D eigenvalue weighted by atomic mass is 32.2. The fourth-order valence-electron chi connectivity index (χ4n) is 4.49. The molecule has 2 amide bonds. The van der Waals surface area contributed by atoms with Crippen LogP contribution in [0.2, 0.25) is 0 Å². The van der Waals surface area contributed by atoms with Crippen LogP contribution in [0.25, 0.3) is 10.8 Å². The number of amides is 2. The number of carbonyl (C=O) groups excluding carboxylic acids is 2. The van der Waals surface area contributed by atoms with Gasteiger partial charge in [-0.25, -0.2) is 8.42 Å². The van der Waals surface area contributed by atoms with Crippen LogP contribution >= 0.6 is 0 Å². The predicted octanol–water partition coefficient (Wildman–Crippen LogP) is 2.34. The van der Waals surface area contributed by atoms with Gasteiger partial charge < -0.3 is 9.80 Å². The van der Waals surface area contributed by atoms with E-state index >= 15 is 0 Å². The molecule has 2 heterocycles. The van der Waals surface area contributed by atoms with Crippen LogP contribution in [-0.4, -0.2) is 67.7 Å². The molecule has 7 heteroatoms. The summed E-state index contributed by atoms with van der Waals surface area (Å²) in [5.74, 6) is -0.199. The number of hydrogen-bond acceptors (Lipinski definition) is 4. The Balaban J connectivity index is 1.49. The third-order valence-electron chi connectivity index (χ3n) is 6.18. The Hall–Kier alpha value is -2.41. The maximum absolute atomic E-state index is 13.2. The Morgan fingerprint density at radius 2 is 1.83 bits per heavy atom. The highest BCUT2D eigenvalue weighted by molar-refractivity contribution is 7.91. The second kappa shape index (κ2) is 7.78. The van der Waals surface area contributed by atoms with Crippen LogP contribution in [0.3, 0.4) is 0 Å². The second-order valence-electron chi connectivity index (χ2n) is 8.12. The first-order valence-corrected chi connectivity index (χ1v) is 11.9. The Morgan fingerprint density at radius 3 is 2.59 bits per heavy atom. The number of sulfone groups is 1. The molecule has 2 aromatic rings. The van der Waals surface area contributed by atoms with Gasteiger partial charge in [-0.2, -0.15) is 0 Å². The summed E-state index contributed by atoms with van der Waals surface area (Å²) in [4.78, 5) is 29.6. The predicted molar refractivity (Wildman–Crippen MR) is 112 cm³/mol. The molecule has 0 aliphatic carbocycles. The lowest BCUT2D eigenvalue weighted by molar-refractivity contribution is -0.137. The monoisotopic (exact) mass is 414 g/mol. The summed E-state index contributed by atoms with van der Waals surface area (Å²) in [5.41, 5.74) is 0.659. The molecular weight excluding hydrogens is 388 g/mol. The van der Waals surface area contributed by atoms with Crippen LogP contribution < -0.4 is 0 Å². The van der Waals surface area contributed by atoms with Crippen LogP contribution in [0, 0.1) is 5.92 Å².